The molecule has 1 aliphatic rings. The second-order valence-electron chi connectivity index (χ2n) is 8.12. The standard InChI is InChI=1S/C21H29N3O4S/c1-4-5-8-22-21(26)18-11-23-19-7-6-16(10-17(19)20(18)25)29(27,28)24-12-14(2)9-15(3)13-24/h6-7,10-11,14-15H,4-5,8-9,12-13H2,1-3H3,(H,22,26)(H,23,25). The number of unbranched alkanes of at least 4 members (excludes halogenated alkanes) is 1. The number of H-pyrrole nitrogens is 1. The molecule has 0 radical (unpaired) electrons. The van der Waals surface area contributed by atoms with E-state index in [2.05, 4.69) is 10.3 Å². The van der Waals surface area contributed by atoms with Crippen molar-refractivity contribution in [2.45, 2.75) is 44.9 Å². The van der Waals surface area contributed by atoms with Gasteiger partial charge in [0.15, 0.2) is 0 Å². The number of rotatable bonds is 6. The number of piperidine rings is 1. The van der Waals surface area contributed by atoms with Crippen LogP contribution in [-0.4, -0.2) is 43.2 Å². The van der Waals surface area contributed by atoms with Crippen molar-refractivity contribution in [1.29, 1.82) is 0 Å². The number of hydrogen-bond acceptors (Lipinski definition) is 4. The fourth-order valence-corrected chi connectivity index (χ4v) is 5.66. The van der Waals surface area contributed by atoms with Gasteiger partial charge in [-0.3, -0.25) is 9.59 Å². The molecule has 1 amide bonds. The number of aromatic nitrogens is 1. The lowest BCUT2D eigenvalue weighted by Crippen LogP contribution is -2.42. The van der Waals surface area contributed by atoms with E-state index in [1.807, 2.05) is 20.8 Å². The Hall–Kier alpha value is -2.19. The quantitative estimate of drug-likeness (QED) is 0.703. The topological polar surface area (TPSA) is 99.3 Å². The van der Waals surface area contributed by atoms with Gasteiger partial charge in [-0.1, -0.05) is 27.2 Å². The van der Waals surface area contributed by atoms with Gasteiger partial charge in [-0.15, -0.1) is 0 Å². The maximum atomic E-state index is 13.2. The Bertz CT molecular complexity index is 1050. The molecule has 0 spiro atoms. The number of hydrogen-bond donors (Lipinski definition) is 2. The molecule has 0 saturated carbocycles. The van der Waals surface area contributed by atoms with E-state index >= 15 is 0 Å². The van der Waals surface area contributed by atoms with Crippen LogP contribution in [0.4, 0.5) is 0 Å². The highest BCUT2D eigenvalue weighted by atomic mass is 32.2. The van der Waals surface area contributed by atoms with Crippen LogP contribution < -0.4 is 10.7 Å². The third-order valence-electron chi connectivity index (χ3n) is 5.39. The fraction of sp³-hybridized carbons (Fsp3) is 0.524. The lowest BCUT2D eigenvalue weighted by Gasteiger charge is -2.34. The smallest absolute Gasteiger partial charge is 0.256 e. The SMILES string of the molecule is CCCCNC(=O)c1c[nH]c2ccc(S(=O)(=O)N3CC(C)CC(C)C3)cc2c1=O. The molecule has 29 heavy (non-hydrogen) atoms. The van der Waals surface area contributed by atoms with E-state index in [4.69, 9.17) is 0 Å². The molecule has 1 aromatic carbocycles. The number of carbonyl (C=O) groups is 1. The summed E-state index contributed by atoms with van der Waals surface area (Å²) >= 11 is 0. The molecule has 8 heteroatoms. The van der Waals surface area contributed by atoms with Gasteiger partial charge in [0.25, 0.3) is 5.91 Å². The summed E-state index contributed by atoms with van der Waals surface area (Å²) in [5, 5.41) is 2.93. The van der Waals surface area contributed by atoms with Gasteiger partial charge in [0, 0.05) is 36.7 Å². The molecule has 1 fully saturated rings. The Balaban J connectivity index is 1.97. The Kier molecular flexibility index (Phi) is 6.43. The van der Waals surface area contributed by atoms with Crippen LogP contribution in [0.25, 0.3) is 10.9 Å². The lowest BCUT2D eigenvalue weighted by molar-refractivity contribution is 0.0952. The fourth-order valence-electron chi connectivity index (χ4n) is 3.95. The zero-order valence-corrected chi connectivity index (χ0v) is 18.0. The number of nitrogens with zero attached hydrogens (tertiary/aromatic N) is 1. The number of nitrogens with one attached hydrogen (secondary N) is 2. The minimum absolute atomic E-state index is 0.0108. The zero-order chi connectivity index (χ0) is 21.2. The highest BCUT2D eigenvalue weighted by molar-refractivity contribution is 7.89. The van der Waals surface area contributed by atoms with Crippen molar-refractivity contribution in [2.75, 3.05) is 19.6 Å². The number of amides is 1. The molecule has 7 nitrogen and oxygen atoms in total. The van der Waals surface area contributed by atoms with Gasteiger partial charge in [0.2, 0.25) is 15.5 Å². The Morgan fingerprint density at radius 1 is 1.24 bits per heavy atom. The van der Waals surface area contributed by atoms with Crippen molar-refractivity contribution < 1.29 is 13.2 Å². The van der Waals surface area contributed by atoms with E-state index < -0.39 is 21.4 Å². The van der Waals surface area contributed by atoms with Crippen molar-refractivity contribution in [3.63, 3.8) is 0 Å². The van der Waals surface area contributed by atoms with Crippen LogP contribution in [0.3, 0.4) is 0 Å². The number of fused-ring (bicyclic) bond motifs is 1. The average molecular weight is 420 g/mol. The van der Waals surface area contributed by atoms with Gasteiger partial charge in [-0.25, -0.2) is 8.42 Å². The predicted molar refractivity (Wildman–Crippen MR) is 114 cm³/mol. The van der Waals surface area contributed by atoms with E-state index in [-0.39, 0.29) is 27.7 Å². The van der Waals surface area contributed by atoms with Crippen molar-refractivity contribution >= 4 is 26.8 Å². The second-order valence-corrected chi connectivity index (χ2v) is 10.1. The lowest BCUT2D eigenvalue weighted by atomic mass is 9.94. The molecular weight excluding hydrogens is 390 g/mol. The molecule has 2 aromatic rings. The van der Waals surface area contributed by atoms with Gasteiger partial charge < -0.3 is 10.3 Å². The first-order chi connectivity index (χ1) is 13.7. The van der Waals surface area contributed by atoms with Gasteiger partial charge in [-0.05, 0) is 42.9 Å². The second kappa shape index (κ2) is 8.67. The Labute approximate surface area is 171 Å². The number of pyridine rings is 1. The molecule has 1 saturated heterocycles. The van der Waals surface area contributed by atoms with Crippen molar-refractivity contribution in [3.05, 3.63) is 40.2 Å². The molecular formula is C21H29N3O4S. The molecule has 2 N–H and O–H groups in total. The summed E-state index contributed by atoms with van der Waals surface area (Å²) in [6, 6.07) is 4.48. The highest BCUT2D eigenvalue weighted by Crippen LogP contribution is 2.27. The van der Waals surface area contributed by atoms with Crippen LogP contribution in [0.15, 0.2) is 34.1 Å². The van der Waals surface area contributed by atoms with Crippen LogP contribution in [0.5, 0.6) is 0 Å². The Morgan fingerprint density at radius 2 is 1.93 bits per heavy atom. The first-order valence-electron chi connectivity index (χ1n) is 10.2. The first-order valence-corrected chi connectivity index (χ1v) is 11.6. The van der Waals surface area contributed by atoms with Gasteiger partial charge in [0.1, 0.15) is 5.56 Å². The van der Waals surface area contributed by atoms with Crippen molar-refractivity contribution in [1.82, 2.24) is 14.6 Å². The molecule has 0 aliphatic carbocycles. The van der Waals surface area contributed by atoms with E-state index in [0.29, 0.717) is 25.2 Å². The summed E-state index contributed by atoms with van der Waals surface area (Å²) in [7, 11) is -3.71. The zero-order valence-electron chi connectivity index (χ0n) is 17.2. The van der Waals surface area contributed by atoms with Crippen LogP contribution in [0.2, 0.25) is 0 Å². The molecule has 158 valence electrons. The molecule has 2 atom stereocenters. The van der Waals surface area contributed by atoms with E-state index in [0.717, 1.165) is 19.3 Å². The summed E-state index contributed by atoms with van der Waals surface area (Å²) in [5.41, 5.74) is 0.0213. The largest absolute Gasteiger partial charge is 0.360 e. The third kappa shape index (κ3) is 4.53. The van der Waals surface area contributed by atoms with E-state index in [1.54, 1.807) is 6.07 Å². The highest BCUT2D eigenvalue weighted by Gasteiger charge is 2.32. The summed E-state index contributed by atoms with van der Waals surface area (Å²) < 4.78 is 27.8. The van der Waals surface area contributed by atoms with Crippen LogP contribution in [0.1, 0.15) is 50.4 Å². The van der Waals surface area contributed by atoms with Gasteiger partial charge in [0.05, 0.1) is 4.90 Å². The number of carbonyl (C=O) groups excluding carboxylic acids is 1. The first kappa shape index (κ1) is 21.5. The van der Waals surface area contributed by atoms with Crippen LogP contribution in [-0.2, 0) is 10.0 Å². The number of benzene rings is 1. The minimum Gasteiger partial charge on any atom is -0.360 e. The average Bonchev–Trinajstić information content (AvgIpc) is 2.67. The maximum Gasteiger partial charge on any atom is 0.256 e. The molecule has 2 heterocycles. The summed E-state index contributed by atoms with van der Waals surface area (Å²) in [6.07, 6.45) is 4.14. The van der Waals surface area contributed by atoms with Crippen LogP contribution in [0, 0.1) is 11.8 Å². The normalized spacial score (nSPS) is 20.7. The number of sulfonamides is 1. The summed E-state index contributed by atoms with van der Waals surface area (Å²) in [4.78, 5) is 28.2. The minimum atomic E-state index is -3.71. The third-order valence-corrected chi connectivity index (χ3v) is 7.21. The maximum absolute atomic E-state index is 13.2. The summed E-state index contributed by atoms with van der Waals surface area (Å²) in [5.74, 6) is 0.125. The van der Waals surface area contributed by atoms with Gasteiger partial charge in [-0.2, -0.15) is 4.31 Å². The molecule has 1 aliphatic heterocycles. The van der Waals surface area contributed by atoms with Crippen molar-refractivity contribution in [3.8, 4) is 0 Å². The van der Waals surface area contributed by atoms with Crippen molar-refractivity contribution in [2.24, 2.45) is 11.8 Å². The van der Waals surface area contributed by atoms with E-state index in [9.17, 15) is 18.0 Å². The molecule has 0 bridgehead atoms. The molecule has 1 aromatic heterocycles. The monoisotopic (exact) mass is 419 g/mol. The summed E-state index contributed by atoms with van der Waals surface area (Å²) in [6.45, 7) is 7.55. The predicted octanol–water partition coefficient (Wildman–Crippen LogP) is 2.72. The molecule has 3 rings (SSSR count). The molecule has 2 unspecified atom stereocenters. The van der Waals surface area contributed by atoms with Gasteiger partial charge >= 0.3 is 0 Å². The Morgan fingerprint density at radius 3 is 2.59 bits per heavy atom. The van der Waals surface area contributed by atoms with Crippen LogP contribution >= 0.6 is 0 Å². The van der Waals surface area contributed by atoms with E-state index in [1.165, 1.54) is 22.6 Å². The number of aromatic amines is 1.